The molecule has 1 aromatic rings. The predicted octanol–water partition coefficient (Wildman–Crippen LogP) is 4.31. The summed E-state index contributed by atoms with van der Waals surface area (Å²) in [7, 11) is 0. The van der Waals surface area contributed by atoms with Crippen molar-refractivity contribution in [3.8, 4) is 0 Å². The molecule has 0 saturated heterocycles. The van der Waals surface area contributed by atoms with Gasteiger partial charge < -0.3 is 10.1 Å². The Hall–Kier alpha value is -1.51. The Labute approximate surface area is 128 Å². The van der Waals surface area contributed by atoms with Crippen LogP contribution in [0.1, 0.15) is 51.5 Å². The predicted molar refractivity (Wildman–Crippen MR) is 86.4 cm³/mol. The van der Waals surface area contributed by atoms with Crippen molar-refractivity contribution >= 4 is 11.7 Å². The third-order valence-corrected chi connectivity index (χ3v) is 4.58. The maximum atomic E-state index is 12.6. The van der Waals surface area contributed by atoms with Gasteiger partial charge in [-0.2, -0.15) is 0 Å². The third kappa shape index (κ3) is 3.78. The molecule has 116 valence electrons. The Balaban J connectivity index is 2.21. The molecule has 1 N–H and O–H groups in total. The number of hydrogen-bond donors (Lipinski definition) is 1. The first kappa shape index (κ1) is 15.9. The summed E-state index contributed by atoms with van der Waals surface area (Å²) in [4.78, 5) is 12.6. The number of ether oxygens (including phenoxy) is 1. The molecule has 0 bridgehead atoms. The maximum Gasteiger partial charge on any atom is 0.331 e. The van der Waals surface area contributed by atoms with E-state index in [1.165, 1.54) is 24.8 Å². The minimum atomic E-state index is -0.633. The molecule has 1 aromatic carbocycles. The highest BCUT2D eigenvalue weighted by molar-refractivity contribution is 5.84. The average Bonchev–Trinajstić information content (AvgIpc) is 2.50. The molecule has 21 heavy (non-hydrogen) atoms. The highest BCUT2D eigenvalue weighted by Crippen LogP contribution is 2.36. The molecular formula is C18H27NO2. The van der Waals surface area contributed by atoms with E-state index in [-0.39, 0.29) is 5.97 Å². The molecule has 1 saturated carbocycles. The van der Waals surface area contributed by atoms with Crippen molar-refractivity contribution in [3.05, 3.63) is 29.8 Å². The van der Waals surface area contributed by atoms with Crippen molar-refractivity contribution in [1.29, 1.82) is 0 Å². The van der Waals surface area contributed by atoms with Crippen molar-refractivity contribution in [1.82, 2.24) is 0 Å². The smallest absolute Gasteiger partial charge is 0.331 e. The monoisotopic (exact) mass is 289 g/mol. The van der Waals surface area contributed by atoms with E-state index in [0.717, 1.165) is 18.5 Å². The normalized spacial score (nSPS) is 18.8. The molecule has 1 unspecified atom stereocenters. The van der Waals surface area contributed by atoms with E-state index in [2.05, 4.69) is 24.4 Å². The molecule has 3 nitrogen and oxygen atoms in total. The highest BCUT2D eigenvalue weighted by Gasteiger charge is 2.42. The van der Waals surface area contributed by atoms with E-state index in [1.807, 2.05) is 26.0 Å². The average molecular weight is 289 g/mol. The van der Waals surface area contributed by atoms with E-state index >= 15 is 0 Å². The molecule has 0 heterocycles. The van der Waals surface area contributed by atoms with Crippen LogP contribution in [0.15, 0.2) is 24.3 Å². The summed E-state index contributed by atoms with van der Waals surface area (Å²) < 4.78 is 5.35. The molecule has 1 aliphatic rings. The zero-order chi connectivity index (χ0) is 15.3. The first-order valence-corrected chi connectivity index (χ1v) is 8.08. The first-order chi connectivity index (χ1) is 10.1. The van der Waals surface area contributed by atoms with Crippen LogP contribution in [0.4, 0.5) is 5.69 Å². The number of benzene rings is 1. The van der Waals surface area contributed by atoms with E-state index < -0.39 is 5.54 Å². The Morgan fingerprint density at radius 3 is 2.43 bits per heavy atom. The van der Waals surface area contributed by atoms with Crippen LogP contribution in [0.2, 0.25) is 0 Å². The quantitative estimate of drug-likeness (QED) is 0.821. The maximum absolute atomic E-state index is 12.6. The fourth-order valence-electron chi connectivity index (χ4n) is 3.22. The van der Waals surface area contributed by atoms with Crippen LogP contribution < -0.4 is 5.32 Å². The number of hydrogen-bond acceptors (Lipinski definition) is 3. The lowest BCUT2D eigenvalue weighted by molar-refractivity contribution is -0.150. The van der Waals surface area contributed by atoms with Crippen LogP contribution in [0.25, 0.3) is 0 Å². The number of carbonyl (C=O) groups is 1. The van der Waals surface area contributed by atoms with Crippen molar-refractivity contribution < 1.29 is 9.53 Å². The lowest BCUT2D eigenvalue weighted by Crippen LogP contribution is -2.51. The summed E-state index contributed by atoms with van der Waals surface area (Å²) in [6.07, 6.45) is 5.87. The summed E-state index contributed by atoms with van der Waals surface area (Å²) in [5.74, 6) is 0.212. The second-order valence-electron chi connectivity index (χ2n) is 6.25. The van der Waals surface area contributed by atoms with Gasteiger partial charge in [-0.15, -0.1) is 0 Å². The largest absolute Gasteiger partial charge is 0.464 e. The minimum Gasteiger partial charge on any atom is -0.464 e. The molecule has 0 amide bonds. The Kier molecular flexibility index (Phi) is 5.27. The summed E-state index contributed by atoms with van der Waals surface area (Å²) in [6, 6.07) is 8.20. The van der Waals surface area contributed by atoms with Gasteiger partial charge in [0, 0.05) is 5.69 Å². The number of rotatable bonds is 5. The Bertz CT molecular complexity index is 463. The molecule has 0 radical (unpaired) electrons. The van der Waals surface area contributed by atoms with Crippen LogP contribution >= 0.6 is 0 Å². The summed E-state index contributed by atoms with van der Waals surface area (Å²) in [5.41, 5.74) is 1.57. The molecule has 3 heteroatoms. The van der Waals surface area contributed by atoms with Gasteiger partial charge in [0.25, 0.3) is 0 Å². The number of esters is 1. The van der Waals surface area contributed by atoms with E-state index in [0.29, 0.717) is 12.5 Å². The lowest BCUT2D eigenvalue weighted by atomic mass is 9.75. The van der Waals surface area contributed by atoms with Gasteiger partial charge in [-0.05, 0) is 51.7 Å². The van der Waals surface area contributed by atoms with E-state index in [9.17, 15) is 4.79 Å². The van der Waals surface area contributed by atoms with Gasteiger partial charge >= 0.3 is 5.97 Å². The number of nitrogens with one attached hydrogen (secondary N) is 1. The molecule has 2 rings (SSSR count). The van der Waals surface area contributed by atoms with E-state index in [4.69, 9.17) is 4.74 Å². The SMILES string of the molecule is CCOC(=O)C(C)(Nc1ccc(C)cc1)C1CCCCC1. The second kappa shape index (κ2) is 6.97. The summed E-state index contributed by atoms with van der Waals surface area (Å²) in [6.45, 7) is 6.36. The van der Waals surface area contributed by atoms with Gasteiger partial charge in [-0.3, -0.25) is 0 Å². The number of carbonyl (C=O) groups excluding carboxylic acids is 1. The lowest BCUT2D eigenvalue weighted by Gasteiger charge is -2.39. The standard InChI is InChI=1S/C18H27NO2/c1-4-21-17(20)18(3,15-8-6-5-7-9-15)19-16-12-10-14(2)11-13-16/h10-13,15,19H,4-9H2,1-3H3. The van der Waals surface area contributed by atoms with Crippen molar-refractivity contribution in [2.24, 2.45) is 5.92 Å². The van der Waals surface area contributed by atoms with Gasteiger partial charge in [-0.25, -0.2) is 4.79 Å². The van der Waals surface area contributed by atoms with Gasteiger partial charge in [0.15, 0.2) is 0 Å². The van der Waals surface area contributed by atoms with Crippen LogP contribution in [0, 0.1) is 12.8 Å². The van der Waals surface area contributed by atoms with Crippen LogP contribution in [0.3, 0.4) is 0 Å². The minimum absolute atomic E-state index is 0.127. The number of anilines is 1. The molecule has 1 aliphatic carbocycles. The van der Waals surface area contributed by atoms with Gasteiger partial charge in [0.2, 0.25) is 0 Å². The molecular weight excluding hydrogens is 262 g/mol. The summed E-state index contributed by atoms with van der Waals surface area (Å²) >= 11 is 0. The molecule has 1 fully saturated rings. The van der Waals surface area contributed by atoms with Crippen LogP contribution in [0.5, 0.6) is 0 Å². The van der Waals surface area contributed by atoms with Gasteiger partial charge in [0.05, 0.1) is 6.61 Å². The highest BCUT2D eigenvalue weighted by atomic mass is 16.5. The van der Waals surface area contributed by atoms with Crippen molar-refractivity contribution in [2.75, 3.05) is 11.9 Å². The molecule has 0 aromatic heterocycles. The second-order valence-corrected chi connectivity index (χ2v) is 6.25. The zero-order valence-electron chi connectivity index (χ0n) is 13.4. The third-order valence-electron chi connectivity index (χ3n) is 4.58. The van der Waals surface area contributed by atoms with Gasteiger partial charge in [-0.1, -0.05) is 37.0 Å². The topological polar surface area (TPSA) is 38.3 Å². The van der Waals surface area contributed by atoms with Gasteiger partial charge in [0.1, 0.15) is 5.54 Å². The fraction of sp³-hybridized carbons (Fsp3) is 0.611. The van der Waals surface area contributed by atoms with E-state index in [1.54, 1.807) is 0 Å². The zero-order valence-corrected chi connectivity index (χ0v) is 13.4. The Morgan fingerprint density at radius 1 is 1.24 bits per heavy atom. The van der Waals surface area contributed by atoms with Crippen LogP contribution in [-0.4, -0.2) is 18.1 Å². The molecule has 0 aliphatic heterocycles. The van der Waals surface area contributed by atoms with Crippen molar-refractivity contribution in [3.63, 3.8) is 0 Å². The first-order valence-electron chi connectivity index (χ1n) is 8.08. The van der Waals surface area contributed by atoms with Crippen molar-refractivity contribution in [2.45, 2.75) is 58.4 Å². The molecule has 0 spiro atoms. The fourth-order valence-corrected chi connectivity index (χ4v) is 3.22. The number of aryl methyl sites for hydroxylation is 1. The molecule has 1 atom stereocenters. The Morgan fingerprint density at radius 2 is 1.86 bits per heavy atom. The summed E-state index contributed by atoms with van der Waals surface area (Å²) in [5, 5.41) is 3.46. The van der Waals surface area contributed by atoms with Crippen LogP contribution in [-0.2, 0) is 9.53 Å².